The number of benzene rings is 2. The van der Waals surface area contributed by atoms with Crippen molar-refractivity contribution in [2.45, 2.75) is 11.8 Å². The monoisotopic (exact) mass is 511 g/mol. The summed E-state index contributed by atoms with van der Waals surface area (Å²) in [7, 11) is -3.56. The molecular formula is C25H22ClN3O5S. The number of sulfonamides is 1. The normalized spacial score (nSPS) is 18.3. The first-order chi connectivity index (χ1) is 16.8. The maximum absolute atomic E-state index is 12.9. The van der Waals surface area contributed by atoms with Crippen LogP contribution in [0.2, 0.25) is 5.02 Å². The van der Waals surface area contributed by atoms with Crippen LogP contribution >= 0.6 is 11.6 Å². The number of hydrogen-bond donors (Lipinski definition) is 0. The van der Waals surface area contributed by atoms with Gasteiger partial charge in [0.15, 0.2) is 0 Å². The lowest BCUT2D eigenvalue weighted by molar-refractivity contribution is -0.114. The Morgan fingerprint density at radius 3 is 2.34 bits per heavy atom. The molecule has 0 unspecified atom stereocenters. The fraction of sp³-hybridized carbons (Fsp3) is 0.200. The quantitative estimate of drug-likeness (QED) is 0.472. The van der Waals surface area contributed by atoms with E-state index in [4.69, 9.17) is 20.8 Å². The van der Waals surface area contributed by atoms with E-state index >= 15 is 0 Å². The molecule has 8 nitrogen and oxygen atoms in total. The topological polar surface area (TPSA) is 92.4 Å². The molecule has 2 aliphatic rings. The lowest BCUT2D eigenvalue weighted by atomic mass is 10.1. The van der Waals surface area contributed by atoms with E-state index in [1.165, 1.54) is 9.31 Å². The maximum atomic E-state index is 12.9. The van der Waals surface area contributed by atoms with Gasteiger partial charge < -0.3 is 9.15 Å². The Hall–Kier alpha value is -3.24. The predicted octanol–water partition coefficient (Wildman–Crippen LogP) is 4.43. The summed E-state index contributed by atoms with van der Waals surface area (Å²) in [5.41, 5.74) is 2.34. The van der Waals surface area contributed by atoms with Gasteiger partial charge in [-0.1, -0.05) is 11.6 Å². The van der Waals surface area contributed by atoms with Crippen LogP contribution in [0.4, 0.5) is 5.69 Å². The largest absolute Gasteiger partial charge is 0.457 e. The number of carbonyl (C=O) groups excluding carboxylic acids is 1. The number of amides is 1. The maximum Gasteiger partial charge on any atom is 0.280 e. The summed E-state index contributed by atoms with van der Waals surface area (Å²) < 4.78 is 38.3. The Morgan fingerprint density at radius 2 is 1.66 bits per heavy atom. The number of furan rings is 1. The van der Waals surface area contributed by atoms with Crippen molar-refractivity contribution in [2.75, 3.05) is 31.3 Å². The van der Waals surface area contributed by atoms with Crippen LogP contribution in [-0.4, -0.2) is 50.6 Å². The van der Waals surface area contributed by atoms with E-state index in [1.807, 2.05) is 0 Å². The minimum absolute atomic E-state index is 0.225. The van der Waals surface area contributed by atoms with Crippen molar-refractivity contribution in [3.8, 4) is 11.3 Å². The van der Waals surface area contributed by atoms with E-state index < -0.39 is 10.0 Å². The van der Waals surface area contributed by atoms with Crippen molar-refractivity contribution in [3.63, 3.8) is 0 Å². The first kappa shape index (κ1) is 23.5. The molecule has 5 rings (SSSR count). The Morgan fingerprint density at radius 1 is 0.971 bits per heavy atom. The highest BCUT2D eigenvalue weighted by molar-refractivity contribution is 7.89. The van der Waals surface area contributed by atoms with Gasteiger partial charge in [-0.05, 0) is 73.7 Å². The Balaban J connectivity index is 1.34. The molecule has 0 N–H and O–H groups in total. The molecule has 180 valence electrons. The Bertz CT molecular complexity index is 1420. The molecule has 0 bridgehead atoms. The molecule has 35 heavy (non-hydrogen) atoms. The SMILES string of the molecule is CC1=NN(c2ccc(Cl)cc2)C(=O)C1=Cc1ccc(-c2ccc(S(=O)(=O)N3CCOCC3)cc2)o1. The van der Waals surface area contributed by atoms with Crippen molar-refractivity contribution in [1.82, 2.24) is 4.31 Å². The van der Waals surface area contributed by atoms with Crippen molar-refractivity contribution < 1.29 is 22.4 Å². The van der Waals surface area contributed by atoms with Crippen LogP contribution in [0.1, 0.15) is 12.7 Å². The van der Waals surface area contributed by atoms with Crippen LogP contribution < -0.4 is 5.01 Å². The Labute approximate surface area is 208 Å². The smallest absolute Gasteiger partial charge is 0.280 e. The van der Waals surface area contributed by atoms with Crippen molar-refractivity contribution in [1.29, 1.82) is 0 Å². The number of hydrazone groups is 1. The standard InChI is InChI=1S/C25H22ClN3O5S/c1-17-23(25(30)29(27-17)20-6-4-19(26)5-7-20)16-21-8-11-24(34-21)18-2-9-22(10-3-18)35(31,32)28-12-14-33-15-13-28/h2-11,16H,12-15H2,1H3. The van der Waals surface area contributed by atoms with Crippen LogP contribution in [0.5, 0.6) is 0 Å². The van der Waals surface area contributed by atoms with Gasteiger partial charge in [-0.3, -0.25) is 4.79 Å². The second kappa shape index (κ2) is 9.43. The second-order valence-corrected chi connectivity index (χ2v) is 10.5. The van der Waals surface area contributed by atoms with E-state index in [0.717, 1.165) is 5.56 Å². The molecule has 0 radical (unpaired) electrons. The highest BCUT2D eigenvalue weighted by Gasteiger charge is 2.29. The van der Waals surface area contributed by atoms with Gasteiger partial charge in [-0.2, -0.15) is 14.4 Å². The van der Waals surface area contributed by atoms with Crippen molar-refractivity contribution in [2.24, 2.45) is 5.10 Å². The summed E-state index contributed by atoms with van der Waals surface area (Å²) >= 11 is 5.94. The third kappa shape index (κ3) is 4.68. The molecule has 1 aromatic heterocycles. The first-order valence-electron chi connectivity index (χ1n) is 11.0. The molecule has 0 spiro atoms. The van der Waals surface area contributed by atoms with Crippen LogP contribution in [0.15, 0.2) is 80.7 Å². The summed E-state index contributed by atoms with van der Waals surface area (Å²) in [6, 6.07) is 17.0. The number of carbonyl (C=O) groups is 1. The van der Waals surface area contributed by atoms with E-state index in [2.05, 4.69) is 5.10 Å². The van der Waals surface area contributed by atoms with Crippen molar-refractivity contribution in [3.05, 3.63) is 77.0 Å². The highest BCUT2D eigenvalue weighted by Crippen LogP contribution is 2.29. The molecule has 0 aliphatic carbocycles. The minimum atomic E-state index is -3.56. The zero-order valence-corrected chi connectivity index (χ0v) is 20.4. The number of anilines is 1. The summed E-state index contributed by atoms with van der Waals surface area (Å²) in [5.74, 6) is 0.781. The predicted molar refractivity (Wildman–Crippen MR) is 134 cm³/mol. The van der Waals surface area contributed by atoms with Gasteiger partial charge in [0.05, 0.1) is 35.1 Å². The van der Waals surface area contributed by atoms with E-state index in [-0.39, 0.29) is 10.8 Å². The van der Waals surface area contributed by atoms with Gasteiger partial charge in [0.1, 0.15) is 11.5 Å². The number of ether oxygens (including phenoxy) is 1. The number of rotatable bonds is 5. The fourth-order valence-electron chi connectivity index (χ4n) is 3.90. The second-order valence-electron chi connectivity index (χ2n) is 8.08. The third-order valence-electron chi connectivity index (χ3n) is 5.79. The molecule has 0 saturated carbocycles. The molecule has 2 aliphatic heterocycles. The van der Waals surface area contributed by atoms with Crippen LogP contribution in [-0.2, 0) is 19.6 Å². The average Bonchev–Trinajstić information content (AvgIpc) is 3.45. The van der Waals surface area contributed by atoms with Crippen LogP contribution in [0.3, 0.4) is 0 Å². The molecule has 1 fully saturated rings. The van der Waals surface area contributed by atoms with Gasteiger partial charge in [-0.15, -0.1) is 0 Å². The zero-order valence-electron chi connectivity index (χ0n) is 18.8. The van der Waals surface area contributed by atoms with E-state index in [1.54, 1.807) is 73.7 Å². The summed E-state index contributed by atoms with van der Waals surface area (Å²) in [4.78, 5) is 13.2. The lowest BCUT2D eigenvalue weighted by Gasteiger charge is -2.26. The van der Waals surface area contributed by atoms with Gasteiger partial charge >= 0.3 is 0 Å². The van der Waals surface area contributed by atoms with Crippen LogP contribution in [0, 0.1) is 0 Å². The summed E-state index contributed by atoms with van der Waals surface area (Å²) in [6.45, 7) is 3.24. The highest BCUT2D eigenvalue weighted by atomic mass is 35.5. The van der Waals surface area contributed by atoms with Gasteiger partial charge in [0.25, 0.3) is 5.91 Å². The van der Waals surface area contributed by atoms with Crippen LogP contribution in [0.25, 0.3) is 17.4 Å². The number of morpholine rings is 1. The van der Waals surface area contributed by atoms with Crippen molar-refractivity contribution >= 4 is 45.0 Å². The molecule has 0 atom stereocenters. The molecule has 2 aromatic carbocycles. The fourth-order valence-corrected chi connectivity index (χ4v) is 5.43. The lowest BCUT2D eigenvalue weighted by Crippen LogP contribution is -2.40. The third-order valence-corrected chi connectivity index (χ3v) is 7.96. The number of halogens is 1. The number of hydrogen-bond acceptors (Lipinski definition) is 6. The van der Waals surface area contributed by atoms with Gasteiger partial charge in [-0.25, -0.2) is 8.42 Å². The zero-order chi connectivity index (χ0) is 24.6. The molecule has 1 amide bonds. The first-order valence-corrected chi connectivity index (χ1v) is 12.8. The van der Waals surface area contributed by atoms with E-state index in [9.17, 15) is 13.2 Å². The molecule has 10 heteroatoms. The summed E-state index contributed by atoms with van der Waals surface area (Å²) in [5, 5.41) is 6.27. The molecule has 3 aromatic rings. The number of nitrogens with zero attached hydrogens (tertiary/aromatic N) is 3. The molecule has 1 saturated heterocycles. The van der Waals surface area contributed by atoms with E-state index in [0.29, 0.717) is 59.8 Å². The molecular weight excluding hydrogens is 490 g/mol. The van der Waals surface area contributed by atoms with Gasteiger partial charge in [0, 0.05) is 23.7 Å². The average molecular weight is 512 g/mol. The minimum Gasteiger partial charge on any atom is -0.457 e. The molecule has 3 heterocycles. The van der Waals surface area contributed by atoms with Gasteiger partial charge in [0.2, 0.25) is 10.0 Å². The summed E-state index contributed by atoms with van der Waals surface area (Å²) in [6.07, 6.45) is 1.65. The Kier molecular flexibility index (Phi) is 6.33.